The van der Waals surface area contributed by atoms with Gasteiger partial charge in [-0.1, -0.05) is 17.7 Å². The van der Waals surface area contributed by atoms with Crippen molar-refractivity contribution in [1.82, 2.24) is 14.9 Å². The third-order valence-corrected chi connectivity index (χ3v) is 7.05. The monoisotopic (exact) mass is 579 g/mol. The van der Waals surface area contributed by atoms with Gasteiger partial charge in [-0.2, -0.15) is 0 Å². The van der Waals surface area contributed by atoms with Crippen LogP contribution in [0.3, 0.4) is 0 Å². The smallest absolute Gasteiger partial charge is 0.323 e. The van der Waals surface area contributed by atoms with Crippen molar-refractivity contribution in [2.45, 2.75) is 26.2 Å². The Bertz CT molecular complexity index is 1550. The predicted molar refractivity (Wildman–Crippen MR) is 157 cm³/mol. The van der Waals surface area contributed by atoms with Crippen LogP contribution in [-0.2, 0) is 0 Å². The van der Waals surface area contributed by atoms with Gasteiger partial charge in [-0.05, 0) is 75.2 Å². The molecule has 4 aromatic rings. The number of likely N-dealkylation sites (tertiary alicyclic amines) is 1. The molecule has 0 atom stereocenters. The number of benzene rings is 3. The fraction of sp³-hybridized carbons (Fsp3) is 0.300. The number of nitrogens with zero attached hydrogens (tertiary/aromatic N) is 3. The van der Waals surface area contributed by atoms with Crippen LogP contribution in [-0.4, -0.2) is 54.2 Å². The molecule has 0 aliphatic carbocycles. The van der Waals surface area contributed by atoms with Crippen molar-refractivity contribution in [3.05, 3.63) is 71.3 Å². The number of urea groups is 1. The molecule has 1 aliphatic heterocycles. The number of aryl methyl sites for hydroxylation is 1. The van der Waals surface area contributed by atoms with Crippen LogP contribution in [0.1, 0.15) is 24.8 Å². The molecule has 1 aliphatic rings. The number of hydrogen-bond donors (Lipinski definition) is 2. The zero-order valence-corrected chi connectivity index (χ0v) is 23.6. The standard InChI is InChI=1S/C30H31ClFN5O4/c1-19-6-8-23(32)26(14-19)36-30(38)35-24-9-7-20(15-22(24)31)41-29-21-16-27(39-2)28(17-25(21)33-18-34-29)40-13-5-12-37-10-3-4-11-37/h6-9,14-18H,3-5,10-13H2,1-2H3,(H2,35,36,38). The maximum Gasteiger partial charge on any atom is 0.323 e. The van der Waals surface area contributed by atoms with Gasteiger partial charge in [0.2, 0.25) is 5.88 Å². The second kappa shape index (κ2) is 13.0. The Kier molecular flexibility index (Phi) is 9.01. The minimum absolute atomic E-state index is 0.0697. The second-order valence-electron chi connectivity index (χ2n) is 9.76. The summed E-state index contributed by atoms with van der Waals surface area (Å²) in [5.41, 5.74) is 1.84. The summed E-state index contributed by atoms with van der Waals surface area (Å²) in [6.07, 6.45) is 4.87. The molecule has 2 amide bonds. The van der Waals surface area contributed by atoms with Crippen LogP contribution in [0.4, 0.5) is 20.6 Å². The number of nitrogens with one attached hydrogen (secondary N) is 2. The van der Waals surface area contributed by atoms with E-state index in [4.69, 9.17) is 25.8 Å². The lowest BCUT2D eigenvalue weighted by Crippen LogP contribution is -2.21. The van der Waals surface area contributed by atoms with Gasteiger partial charge in [0, 0.05) is 18.7 Å². The molecule has 1 aromatic heterocycles. The highest BCUT2D eigenvalue weighted by Gasteiger charge is 2.16. The first-order chi connectivity index (χ1) is 19.9. The predicted octanol–water partition coefficient (Wildman–Crippen LogP) is 7.04. The molecule has 214 valence electrons. The van der Waals surface area contributed by atoms with Gasteiger partial charge in [-0.3, -0.25) is 0 Å². The highest BCUT2D eigenvalue weighted by molar-refractivity contribution is 6.34. The Balaban J connectivity index is 1.26. The van der Waals surface area contributed by atoms with Crippen LogP contribution < -0.4 is 24.8 Å². The fourth-order valence-corrected chi connectivity index (χ4v) is 4.87. The average Bonchev–Trinajstić information content (AvgIpc) is 3.48. The van der Waals surface area contributed by atoms with E-state index in [0.717, 1.165) is 31.6 Å². The van der Waals surface area contributed by atoms with Gasteiger partial charge in [-0.25, -0.2) is 19.2 Å². The summed E-state index contributed by atoms with van der Waals surface area (Å²) in [7, 11) is 1.58. The summed E-state index contributed by atoms with van der Waals surface area (Å²) in [4.78, 5) is 23.6. The lowest BCUT2D eigenvalue weighted by atomic mass is 10.2. The van der Waals surface area contributed by atoms with Gasteiger partial charge >= 0.3 is 6.03 Å². The van der Waals surface area contributed by atoms with Crippen molar-refractivity contribution in [2.75, 3.05) is 44.0 Å². The number of fused-ring (bicyclic) bond motifs is 1. The van der Waals surface area contributed by atoms with E-state index in [1.165, 1.54) is 25.2 Å². The zero-order valence-electron chi connectivity index (χ0n) is 22.9. The van der Waals surface area contributed by atoms with Gasteiger partial charge in [-0.15, -0.1) is 0 Å². The second-order valence-corrected chi connectivity index (χ2v) is 10.2. The molecule has 1 saturated heterocycles. The molecule has 2 heterocycles. The average molecular weight is 580 g/mol. The number of methoxy groups -OCH3 is 1. The minimum atomic E-state index is -0.631. The lowest BCUT2D eigenvalue weighted by Gasteiger charge is -2.16. The summed E-state index contributed by atoms with van der Waals surface area (Å²) in [5, 5.41) is 5.97. The van der Waals surface area contributed by atoms with Crippen LogP contribution >= 0.6 is 11.6 Å². The molecule has 9 nitrogen and oxygen atoms in total. The van der Waals surface area contributed by atoms with E-state index in [1.807, 2.05) is 6.07 Å². The maximum absolute atomic E-state index is 14.0. The quantitative estimate of drug-likeness (QED) is 0.194. The van der Waals surface area contributed by atoms with Crippen molar-refractivity contribution in [3.8, 4) is 23.1 Å². The maximum atomic E-state index is 14.0. The highest BCUT2D eigenvalue weighted by Crippen LogP contribution is 2.37. The Labute approximate surface area is 242 Å². The molecule has 0 saturated carbocycles. The van der Waals surface area contributed by atoms with Crippen molar-refractivity contribution >= 4 is 39.9 Å². The van der Waals surface area contributed by atoms with Gasteiger partial charge < -0.3 is 29.7 Å². The largest absolute Gasteiger partial charge is 0.493 e. The Morgan fingerprint density at radius 3 is 2.61 bits per heavy atom. The normalized spacial score (nSPS) is 13.3. The topological polar surface area (TPSA) is 97.8 Å². The van der Waals surface area contributed by atoms with Gasteiger partial charge in [0.25, 0.3) is 0 Å². The van der Waals surface area contributed by atoms with Crippen LogP contribution in [0.5, 0.6) is 23.1 Å². The first-order valence-corrected chi connectivity index (χ1v) is 13.8. The molecule has 0 unspecified atom stereocenters. The molecule has 0 spiro atoms. The molecule has 41 heavy (non-hydrogen) atoms. The first kappa shape index (κ1) is 28.4. The Morgan fingerprint density at radius 2 is 1.83 bits per heavy atom. The van der Waals surface area contributed by atoms with E-state index in [0.29, 0.717) is 46.3 Å². The number of anilines is 2. The number of amides is 2. The van der Waals surface area contributed by atoms with Crippen LogP contribution in [0.25, 0.3) is 10.9 Å². The molecule has 0 radical (unpaired) electrons. The summed E-state index contributed by atoms with van der Waals surface area (Å²) in [5.74, 6) is 1.32. The van der Waals surface area contributed by atoms with Crippen LogP contribution in [0, 0.1) is 12.7 Å². The number of ether oxygens (including phenoxy) is 3. The van der Waals surface area contributed by atoms with Crippen LogP contribution in [0.15, 0.2) is 54.9 Å². The SMILES string of the molecule is COc1cc2c(Oc3ccc(NC(=O)Nc4cc(C)ccc4F)c(Cl)c3)ncnc2cc1OCCCN1CCCC1. The molecular formula is C30H31ClFN5O4. The molecular weight excluding hydrogens is 549 g/mol. The number of hydrogen-bond acceptors (Lipinski definition) is 7. The summed E-state index contributed by atoms with van der Waals surface area (Å²) in [6, 6.07) is 12.2. The van der Waals surface area contributed by atoms with Crippen molar-refractivity contribution in [3.63, 3.8) is 0 Å². The van der Waals surface area contributed by atoms with Gasteiger partial charge in [0.05, 0.1) is 41.0 Å². The first-order valence-electron chi connectivity index (χ1n) is 13.4. The van der Waals surface area contributed by atoms with E-state index in [-0.39, 0.29) is 10.7 Å². The number of carbonyl (C=O) groups excluding carboxylic acids is 1. The van der Waals surface area contributed by atoms with Crippen molar-refractivity contribution in [2.24, 2.45) is 0 Å². The van der Waals surface area contributed by atoms with E-state index in [2.05, 4.69) is 25.5 Å². The molecule has 3 aromatic carbocycles. The van der Waals surface area contributed by atoms with Crippen LogP contribution in [0.2, 0.25) is 5.02 Å². The third-order valence-electron chi connectivity index (χ3n) is 6.73. The zero-order chi connectivity index (χ0) is 28.8. The highest BCUT2D eigenvalue weighted by atomic mass is 35.5. The minimum Gasteiger partial charge on any atom is -0.493 e. The summed E-state index contributed by atoms with van der Waals surface area (Å²) >= 11 is 6.42. The van der Waals surface area contributed by atoms with E-state index >= 15 is 0 Å². The van der Waals surface area contributed by atoms with Crippen molar-refractivity contribution in [1.29, 1.82) is 0 Å². The fourth-order valence-electron chi connectivity index (χ4n) is 4.65. The summed E-state index contributed by atoms with van der Waals surface area (Å²) < 4.78 is 31.6. The van der Waals surface area contributed by atoms with E-state index in [9.17, 15) is 9.18 Å². The molecule has 1 fully saturated rings. The van der Waals surface area contributed by atoms with E-state index < -0.39 is 11.8 Å². The summed E-state index contributed by atoms with van der Waals surface area (Å²) in [6.45, 7) is 5.72. The molecule has 11 heteroatoms. The number of carbonyl (C=O) groups is 1. The lowest BCUT2D eigenvalue weighted by molar-refractivity contribution is 0.254. The molecule has 2 N–H and O–H groups in total. The van der Waals surface area contributed by atoms with E-state index in [1.54, 1.807) is 50.4 Å². The molecule has 5 rings (SSSR count). The Morgan fingerprint density at radius 1 is 1.02 bits per heavy atom. The number of rotatable bonds is 10. The van der Waals surface area contributed by atoms with Gasteiger partial charge in [0.1, 0.15) is 17.9 Å². The molecule has 0 bridgehead atoms. The third kappa shape index (κ3) is 7.14. The number of halogens is 2. The van der Waals surface area contributed by atoms with Gasteiger partial charge in [0.15, 0.2) is 11.5 Å². The number of aromatic nitrogens is 2. The Hall–Kier alpha value is -4.15. The van der Waals surface area contributed by atoms with Crippen molar-refractivity contribution < 1.29 is 23.4 Å².